The van der Waals surface area contributed by atoms with Crippen LogP contribution in [0.15, 0.2) is 48.3 Å². The fourth-order valence-corrected chi connectivity index (χ4v) is 9.44. The van der Waals surface area contributed by atoms with Crippen LogP contribution in [0.25, 0.3) is 0 Å². The second-order valence-electron chi connectivity index (χ2n) is 16.8. The third-order valence-electron chi connectivity index (χ3n) is 12.6. The second-order valence-corrected chi connectivity index (χ2v) is 16.8. The summed E-state index contributed by atoms with van der Waals surface area (Å²) in [5.74, 6) is -2.28. The third-order valence-corrected chi connectivity index (χ3v) is 12.6. The largest absolute Gasteiger partial charge is 0.488 e. The van der Waals surface area contributed by atoms with E-state index in [1.54, 1.807) is 32.3 Å². The van der Waals surface area contributed by atoms with Crippen molar-refractivity contribution in [1.82, 2.24) is 4.90 Å². The standard InChI is InChI=1S/C44H69NO10.H2O/c1-11-14-32-20-25(2)19-26(3)42(53-10)43-38(52-9)22-28(5)41(55-43)39(49)44(50)45-18-13-12-15-33(45)30(7)54-40(29(6)35(47)24-36(32)48)27(4)21-31-16-17-34(46)37(23-31)51-8;/h11,20-21,26,28-29,31-35,37-38,40-43,46-47H,1,7,12-19,22-24H2,2-6,8-10H3;1H2/b25-20-,27-21+;/t26-,28+,29+,31-,32?,33-,34+,35-,37+,38-,40?,41?,42-,43-;/m1./s1. The lowest BCUT2D eigenvalue weighted by molar-refractivity contribution is -0.203. The predicted molar refractivity (Wildman–Crippen MR) is 215 cm³/mol. The zero-order chi connectivity index (χ0) is 40.6. The quantitative estimate of drug-likeness (QED) is 0.262. The first-order chi connectivity index (χ1) is 26.1. The molecular formula is C44H71NO11. The number of allylic oxidation sites excluding steroid dienone is 4. The van der Waals surface area contributed by atoms with E-state index >= 15 is 0 Å². The predicted octanol–water partition coefficient (Wildman–Crippen LogP) is 5.09. The number of piperidine rings is 1. The third kappa shape index (κ3) is 11.5. The fourth-order valence-electron chi connectivity index (χ4n) is 9.44. The fraction of sp³-hybridized carbons (Fsp3) is 0.750. The van der Waals surface area contributed by atoms with Crippen molar-refractivity contribution < 1.29 is 53.8 Å². The van der Waals surface area contributed by atoms with Crippen molar-refractivity contribution in [2.45, 2.75) is 154 Å². The number of hydrogen-bond acceptors (Lipinski definition) is 10. The van der Waals surface area contributed by atoms with E-state index in [1.807, 2.05) is 40.7 Å². The van der Waals surface area contributed by atoms with E-state index in [1.165, 1.54) is 0 Å². The Morgan fingerprint density at radius 1 is 0.946 bits per heavy atom. The molecule has 0 radical (unpaired) electrons. The molecule has 2 bridgehead atoms. The molecule has 0 aromatic rings. The molecule has 0 aromatic heterocycles. The highest BCUT2D eigenvalue weighted by Gasteiger charge is 2.48. The Morgan fingerprint density at radius 3 is 2.29 bits per heavy atom. The van der Waals surface area contributed by atoms with Crippen LogP contribution in [0.2, 0.25) is 0 Å². The average molecular weight is 790 g/mol. The first-order valence-corrected chi connectivity index (χ1v) is 20.4. The summed E-state index contributed by atoms with van der Waals surface area (Å²) in [4.78, 5) is 44.0. The smallest absolute Gasteiger partial charge is 0.293 e. The van der Waals surface area contributed by atoms with E-state index in [0.717, 1.165) is 30.4 Å². The lowest BCUT2D eigenvalue weighted by Gasteiger charge is -2.44. The summed E-state index contributed by atoms with van der Waals surface area (Å²) in [6.45, 7) is 18.4. The molecule has 12 heteroatoms. The minimum Gasteiger partial charge on any atom is -0.488 e. The minimum atomic E-state index is -1.05. The van der Waals surface area contributed by atoms with Gasteiger partial charge in [-0.2, -0.15) is 0 Å². The second kappa shape index (κ2) is 21.9. The molecule has 318 valence electrons. The number of ketones is 2. The first kappa shape index (κ1) is 47.7. The molecule has 0 aromatic carbocycles. The molecule has 4 aliphatic rings. The average Bonchev–Trinajstić information content (AvgIpc) is 3.16. The molecule has 3 unspecified atom stereocenters. The van der Waals surface area contributed by atoms with Crippen LogP contribution < -0.4 is 0 Å². The van der Waals surface area contributed by atoms with Crippen LogP contribution >= 0.6 is 0 Å². The Labute approximate surface area is 335 Å². The van der Waals surface area contributed by atoms with Crippen molar-refractivity contribution in [2.24, 2.45) is 29.6 Å². The lowest BCUT2D eigenvalue weighted by atomic mass is 9.81. The zero-order valence-electron chi connectivity index (χ0n) is 35.1. The van der Waals surface area contributed by atoms with E-state index in [4.69, 9.17) is 23.7 Å². The van der Waals surface area contributed by atoms with Gasteiger partial charge in [-0.1, -0.05) is 51.2 Å². The Balaban J connectivity index is 0.00000841. The van der Waals surface area contributed by atoms with Crippen LogP contribution in [0, 0.1) is 29.6 Å². The van der Waals surface area contributed by atoms with E-state index in [2.05, 4.69) is 19.2 Å². The van der Waals surface area contributed by atoms with Gasteiger partial charge in [-0.25, -0.2) is 0 Å². The summed E-state index contributed by atoms with van der Waals surface area (Å²) < 4.78 is 30.8. The molecule has 56 heavy (non-hydrogen) atoms. The molecule has 3 aliphatic heterocycles. The zero-order valence-corrected chi connectivity index (χ0v) is 35.1. The highest BCUT2D eigenvalue weighted by molar-refractivity contribution is 6.38. The number of fused-ring (bicyclic) bond motifs is 3. The number of ether oxygens (including phenoxy) is 5. The number of amides is 1. The number of methoxy groups -OCH3 is 3. The van der Waals surface area contributed by atoms with Crippen molar-refractivity contribution in [1.29, 1.82) is 0 Å². The molecule has 4 rings (SSSR count). The van der Waals surface area contributed by atoms with Crippen molar-refractivity contribution in [2.75, 3.05) is 27.9 Å². The molecule has 0 spiro atoms. The number of aliphatic hydroxyl groups excluding tert-OH is 2. The number of Topliss-reactive ketones (excluding diaryl/α,β-unsaturated/α-hetero) is 2. The van der Waals surface area contributed by atoms with Gasteiger partial charge < -0.3 is 44.3 Å². The van der Waals surface area contributed by atoms with Gasteiger partial charge in [-0.05, 0) is 95.0 Å². The van der Waals surface area contributed by atoms with Gasteiger partial charge in [0.05, 0.1) is 36.6 Å². The first-order valence-electron chi connectivity index (χ1n) is 20.4. The summed E-state index contributed by atoms with van der Waals surface area (Å²) in [5, 5.41) is 22.2. The highest BCUT2D eigenvalue weighted by atomic mass is 16.6. The normalized spacial score (nSPS) is 39.7. The maximum Gasteiger partial charge on any atom is 0.293 e. The van der Waals surface area contributed by atoms with Gasteiger partial charge in [0.15, 0.2) is 0 Å². The van der Waals surface area contributed by atoms with E-state index in [9.17, 15) is 24.6 Å². The molecule has 12 nitrogen and oxygen atoms in total. The maximum absolute atomic E-state index is 14.3. The van der Waals surface area contributed by atoms with Crippen LogP contribution in [0.1, 0.15) is 98.8 Å². The van der Waals surface area contributed by atoms with E-state index in [0.29, 0.717) is 50.8 Å². The summed E-state index contributed by atoms with van der Waals surface area (Å²) in [6, 6.07) is -0.571. The molecule has 2 saturated heterocycles. The minimum absolute atomic E-state index is 0. The summed E-state index contributed by atoms with van der Waals surface area (Å²) in [6.07, 6.45) is 6.41. The van der Waals surface area contributed by atoms with Gasteiger partial charge in [0.2, 0.25) is 5.78 Å². The van der Waals surface area contributed by atoms with Crippen LogP contribution in [0.4, 0.5) is 0 Å². The van der Waals surface area contributed by atoms with Crippen molar-refractivity contribution in [3.63, 3.8) is 0 Å². The molecule has 1 amide bonds. The van der Waals surface area contributed by atoms with Crippen LogP contribution in [-0.4, -0.2) is 121 Å². The van der Waals surface area contributed by atoms with Crippen LogP contribution in [0.3, 0.4) is 0 Å². The Kier molecular flexibility index (Phi) is 18.6. The number of carbonyl (C=O) groups excluding carboxylic acids is 3. The van der Waals surface area contributed by atoms with Gasteiger partial charge in [-0.3, -0.25) is 14.4 Å². The molecule has 3 heterocycles. The highest BCUT2D eigenvalue weighted by Crippen LogP contribution is 2.37. The van der Waals surface area contributed by atoms with Crippen molar-refractivity contribution >= 4 is 17.5 Å². The van der Waals surface area contributed by atoms with Gasteiger partial charge >= 0.3 is 0 Å². The van der Waals surface area contributed by atoms with Crippen molar-refractivity contribution in [3.05, 3.63) is 48.3 Å². The van der Waals surface area contributed by atoms with E-state index < -0.39 is 66.2 Å². The van der Waals surface area contributed by atoms with Gasteiger partial charge in [0.25, 0.3) is 5.91 Å². The summed E-state index contributed by atoms with van der Waals surface area (Å²) >= 11 is 0. The number of aliphatic hydroxyl groups is 2. The summed E-state index contributed by atoms with van der Waals surface area (Å²) in [7, 11) is 4.85. The monoisotopic (exact) mass is 790 g/mol. The van der Waals surface area contributed by atoms with Crippen LogP contribution in [-0.2, 0) is 38.1 Å². The SMILES string of the molecule is C=CCC1/C=C(/C)C[C@@H](C)[C@@H](OC)[C@@H]2OC(C(=O)C(=O)N3CCCC[C@@H]3C(=C)OC(/C(C)=C/[C@H]3CC[C@H](O)[C@@H](OC)C3)[C@@H](C)[C@H](O)CC1=O)[C@@H](C)C[C@H]2OC.O. The maximum atomic E-state index is 14.3. The Bertz CT molecular complexity index is 1410. The topological polar surface area (TPSA) is 173 Å². The number of hydrogen-bond donors (Lipinski definition) is 2. The molecule has 1 aliphatic carbocycles. The van der Waals surface area contributed by atoms with E-state index in [-0.39, 0.29) is 47.6 Å². The van der Waals surface area contributed by atoms with Gasteiger partial charge in [0.1, 0.15) is 29.9 Å². The van der Waals surface area contributed by atoms with Gasteiger partial charge in [-0.15, -0.1) is 6.58 Å². The molecule has 1 saturated carbocycles. The molecule has 14 atom stereocenters. The summed E-state index contributed by atoms with van der Waals surface area (Å²) in [5.41, 5.74) is 1.83. The van der Waals surface area contributed by atoms with Gasteiger partial charge in [0, 0.05) is 46.1 Å². The lowest BCUT2D eigenvalue weighted by Crippen LogP contribution is -2.57. The number of nitrogens with zero attached hydrogens (tertiary/aromatic N) is 1. The Morgan fingerprint density at radius 2 is 1.64 bits per heavy atom. The molecule has 4 N–H and O–H groups in total. The molecular weight excluding hydrogens is 718 g/mol. The van der Waals surface area contributed by atoms with Crippen molar-refractivity contribution in [3.8, 4) is 0 Å². The Hall–Kier alpha value is -2.71. The molecule has 3 fully saturated rings. The van der Waals surface area contributed by atoms with Crippen LogP contribution in [0.5, 0.6) is 0 Å². The number of rotatable bonds is 7. The number of carbonyl (C=O) groups is 3.